The van der Waals surface area contributed by atoms with Crippen molar-refractivity contribution >= 4 is 12.6 Å². The van der Waals surface area contributed by atoms with Gasteiger partial charge in [-0.25, -0.2) is 4.84 Å². The summed E-state index contributed by atoms with van der Waals surface area (Å²) < 4.78 is 6.52. The molecule has 0 bridgehead atoms. The maximum absolute atomic E-state index is 6.01. The van der Waals surface area contributed by atoms with Crippen molar-refractivity contribution in [1.82, 2.24) is 0 Å². The highest BCUT2D eigenvalue weighted by Crippen LogP contribution is 2.21. The largest absolute Gasteiger partial charge is 1.00 e. The lowest BCUT2D eigenvalue weighted by molar-refractivity contribution is -1.10. The van der Waals surface area contributed by atoms with Gasteiger partial charge in [-0.3, -0.25) is 0 Å². The SMILES string of the molecule is CC[N+](CC)(CC)OCCCOc1ccc(S)cc1C.[Br-]. The topological polar surface area (TPSA) is 18.5 Å². The first-order chi connectivity index (χ1) is 9.56. The van der Waals surface area contributed by atoms with E-state index >= 15 is 0 Å². The van der Waals surface area contributed by atoms with Crippen LogP contribution >= 0.6 is 12.6 Å². The maximum Gasteiger partial charge on any atom is 0.122 e. The lowest BCUT2D eigenvalue weighted by Gasteiger charge is -2.32. The van der Waals surface area contributed by atoms with Crippen LogP contribution in [0.15, 0.2) is 23.1 Å². The minimum absolute atomic E-state index is 0. The Morgan fingerprint density at radius 2 is 1.67 bits per heavy atom. The molecule has 0 saturated carbocycles. The van der Waals surface area contributed by atoms with Gasteiger partial charge in [0, 0.05) is 11.3 Å². The van der Waals surface area contributed by atoms with Crippen molar-refractivity contribution < 1.29 is 31.2 Å². The van der Waals surface area contributed by atoms with E-state index < -0.39 is 0 Å². The third kappa shape index (κ3) is 6.59. The number of benzene rings is 1. The van der Waals surface area contributed by atoms with E-state index in [0.717, 1.165) is 53.5 Å². The monoisotopic (exact) mass is 377 g/mol. The molecule has 0 aliphatic heterocycles. The molecule has 0 unspecified atom stereocenters. The number of thiol groups is 1. The third-order valence-electron chi connectivity index (χ3n) is 3.80. The van der Waals surface area contributed by atoms with Crippen LogP contribution in [-0.4, -0.2) is 37.5 Å². The molecule has 0 amide bonds. The number of nitrogens with zero attached hydrogens (tertiary/aromatic N) is 1. The van der Waals surface area contributed by atoms with E-state index in [0.29, 0.717) is 6.61 Å². The van der Waals surface area contributed by atoms with E-state index in [4.69, 9.17) is 9.57 Å². The van der Waals surface area contributed by atoms with E-state index in [-0.39, 0.29) is 17.0 Å². The van der Waals surface area contributed by atoms with Crippen LogP contribution in [0.25, 0.3) is 0 Å². The molecule has 1 aromatic rings. The van der Waals surface area contributed by atoms with Gasteiger partial charge in [0.25, 0.3) is 0 Å². The maximum atomic E-state index is 6.01. The molecule has 1 rings (SSSR count). The van der Waals surface area contributed by atoms with Crippen LogP contribution in [0.2, 0.25) is 0 Å². The Kier molecular flexibility index (Phi) is 10.4. The number of hydrogen-bond acceptors (Lipinski definition) is 3. The summed E-state index contributed by atoms with van der Waals surface area (Å²) in [5.41, 5.74) is 1.12. The Balaban J connectivity index is 0.00000400. The smallest absolute Gasteiger partial charge is 0.122 e. The number of ether oxygens (including phenoxy) is 1. The van der Waals surface area contributed by atoms with Gasteiger partial charge in [0.15, 0.2) is 0 Å². The van der Waals surface area contributed by atoms with Crippen LogP contribution in [0.1, 0.15) is 32.8 Å². The quantitative estimate of drug-likeness (QED) is 0.298. The molecule has 0 aliphatic rings. The zero-order valence-corrected chi connectivity index (χ0v) is 16.0. The van der Waals surface area contributed by atoms with Gasteiger partial charge in [-0.05, 0) is 51.5 Å². The van der Waals surface area contributed by atoms with Gasteiger partial charge in [-0.15, -0.1) is 12.6 Å². The number of halogens is 1. The van der Waals surface area contributed by atoms with Gasteiger partial charge in [0.2, 0.25) is 0 Å². The molecule has 21 heavy (non-hydrogen) atoms. The molecule has 0 atom stereocenters. The minimum Gasteiger partial charge on any atom is -1.00 e. The van der Waals surface area contributed by atoms with Crippen molar-refractivity contribution in [2.75, 3.05) is 32.8 Å². The second-order valence-electron chi connectivity index (χ2n) is 4.99. The molecule has 0 fully saturated rings. The average molecular weight is 378 g/mol. The number of hydrogen-bond donors (Lipinski definition) is 1. The van der Waals surface area contributed by atoms with Crippen molar-refractivity contribution in [3.05, 3.63) is 23.8 Å². The van der Waals surface area contributed by atoms with E-state index in [1.807, 2.05) is 25.1 Å². The summed E-state index contributed by atoms with van der Waals surface area (Å²) in [4.78, 5) is 6.98. The molecule has 122 valence electrons. The normalized spacial score (nSPS) is 11.1. The standard InChI is InChI=1S/C16H27NO2S.BrH/c1-5-17(6-2,7-3)19-12-8-11-18-16-10-9-15(20)13-14(16)4;/h9-10,13H,5-8,11-12H2,1-4H3;1H. The summed E-state index contributed by atoms with van der Waals surface area (Å²) in [6.07, 6.45) is 0.905. The number of aryl methyl sites for hydroxylation is 1. The van der Waals surface area contributed by atoms with Gasteiger partial charge in [-0.2, -0.15) is 4.65 Å². The first kappa shape index (κ1) is 20.8. The van der Waals surface area contributed by atoms with E-state index in [1.165, 1.54) is 0 Å². The van der Waals surface area contributed by atoms with Crippen LogP contribution in [0.3, 0.4) is 0 Å². The number of hydroxylamine groups is 3. The van der Waals surface area contributed by atoms with Crippen LogP contribution < -0.4 is 21.7 Å². The fraction of sp³-hybridized carbons (Fsp3) is 0.625. The Bertz CT molecular complexity index is 403. The van der Waals surface area contributed by atoms with Crippen LogP contribution in [0, 0.1) is 6.92 Å². The molecule has 5 heteroatoms. The Morgan fingerprint density at radius 1 is 1.05 bits per heavy atom. The minimum atomic E-state index is 0. The molecule has 0 aliphatic carbocycles. The Labute approximate surface area is 145 Å². The second-order valence-corrected chi connectivity index (χ2v) is 5.51. The molecular formula is C16H28BrNO2S. The number of rotatable bonds is 9. The van der Waals surface area contributed by atoms with E-state index in [9.17, 15) is 0 Å². The highest BCUT2D eigenvalue weighted by Gasteiger charge is 2.22. The van der Waals surface area contributed by atoms with Crippen molar-refractivity contribution in [3.63, 3.8) is 0 Å². The van der Waals surface area contributed by atoms with E-state index in [1.54, 1.807) is 0 Å². The molecule has 0 radical (unpaired) electrons. The highest BCUT2D eigenvalue weighted by molar-refractivity contribution is 7.80. The third-order valence-corrected chi connectivity index (χ3v) is 4.08. The Hall–Kier alpha value is -0.230. The lowest BCUT2D eigenvalue weighted by atomic mass is 10.2. The first-order valence-corrected chi connectivity index (χ1v) is 7.94. The van der Waals surface area contributed by atoms with Crippen LogP contribution in [0.5, 0.6) is 5.75 Å². The molecule has 0 aromatic heterocycles. The fourth-order valence-corrected chi connectivity index (χ4v) is 2.51. The van der Waals surface area contributed by atoms with Crippen molar-refractivity contribution in [2.45, 2.75) is 39.0 Å². The van der Waals surface area contributed by atoms with E-state index in [2.05, 4.69) is 33.4 Å². The molecule has 0 spiro atoms. The van der Waals surface area contributed by atoms with Crippen molar-refractivity contribution in [1.29, 1.82) is 0 Å². The summed E-state index contributed by atoms with van der Waals surface area (Å²) in [5.74, 6) is 0.935. The summed E-state index contributed by atoms with van der Waals surface area (Å²) in [5, 5.41) is 0. The zero-order valence-electron chi connectivity index (χ0n) is 13.6. The zero-order chi connectivity index (χ0) is 15.0. The number of quaternary nitrogens is 1. The van der Waals surface area contributed by atoms with Gasteiger partial charge in [-0.1, -0.05) is 0 Å². The molecule has 0 saturated heterocycles. The second kappa shape index (κ2) is 10.5. The molecule has 0 N–H and O–H groups in total. The van der Waals surface area contributed by atoms with Crippen LogP contribution in [0.4, 0.5) is 0 Å². The lowest BCUT2D eigenvalue weighted by Crippen LogP contribution is -3.00. The predicted octanol–water partition coefficient (Wildman–Crippen LogP) is 0.865. The van der Waals surface area contributed by atoms with Crippen molar-refractivity contribution in [2.24, 2.45) is 0 Å². The fourth-order valence-electron chi connectivity index (χ4n) is 2.24. The predicted molar refractivity (Wildman–Crippen MR) is 86.4 cm³/mol. The van der Waals surface area contributed by atoms with Gasteiger partial charge >= 0.3 is 0 Å². The van der Waals surface area contributed by atoms with Gasteiger partial charge < -0.3 is 21.7 Å². The average Bonchev–Trinajstić information content (AvgIpc) is 2.45. The molecule has 1 aromatic carbocycles. The molecule has 3 nitrogen and oxygen atoms in total. The van der Waals surface area contributed by atoms with Gasteiger partial charge in [0.05, 0.1) is 6.61 Å². The highest BCUT2D eigenvalue weighted by atomic mass is 79.9. The first-order valence-electron chi connectivity index (χ1n) is 7.50. The van der Waals surface area contributed by atoms with Crippen LogP contribution in [-0.2, 0) is 4.84 Å². The van der Waals surface area contributed by atoms with Gasteiger partial charge in [0.1, 0.15) is 32.0 Å². The summed E-state index contributed by atoms with van der Waals surface area (Å²) in [6, 6.07) is 5.94. The molecule has 0 heterocycles. The summed E-state index contributed by atoms with van der Waals surface area (Å²) in [7, 11) is 0. The Morgan fingerprint density at radius 3 is 2.19 bits per heavy atom. The van der Waals surface area contributed by atoms with Crippen molar-refractivity contribution in [3.8, 4) is 5.75 Å². The summed E-state index contributed by atoms with van der Waals surface area (Å²) in [6.45, 7) is 13.0. The summed E-state index contributed by atoms with van der Waals surface area (Å²) >= 11 is 4.31. The molecular weight excluding hydrogens is 350 g/mol.